The van der Waals surface area contributed by atoms with Crippen molar-refractivity contribution >= 4 is 22.7 Å². The Morgan fingerprint density at radius 2 is 0.818 bits per heavy atom. The molecular weight excluding hydrogens is 532 g/mol. The van der Waals surface area contributed by atoms with E-state index in [-0.39, 0.29) is 0 Å². The second-order valence-corrected chi connectivity index (χ2v) is 11.7. The van der Waals surface area contributed by atoms with Crippen LogP contribution < -0.4 is 10.6 Å². The molecule has 2 N–H and O–H groups in total. The van der Waals surface area contributed by atoms with Gasteiger partial charge in [-0.05, 0) is 114 Å². The van der Waals surface area contributed by atoms with Gasteiger partial charge in [0.1, 0.15) is 0 Å². The Kier molecular flexibility index (Phi) is 8.89. The summed E-state index contributed by atoms with van der Waals surface area (Å²) in [6.07, 6.45) is 3.56. The maximum absolute atomic E-state index is 3.61. The average molecular weight is 573 g/mol. The van der Waals surface area contributed by atoms with Crippen molar-refractivity contribution in [1.29, 1.82) is 0 Å². The quantitative estimate of drug-likeness (QED) is 0.171. The van der Waals surface area contributed by atoms with Crippen LogP contribution in [0.3, 0.4) is 0 Å². The molecule has 0 spiro atoms. The number of nitrogens with one attached hydrogen (secondary N) is 2. The molecule has 0 saturated carbocycles. The van der Waals surface area contributed by atoms with Crippen LogP contribution in [0, 0.1) is 13.8 Å². The van der Waals surface area contributed by atoms with E-state index in [4.69, 9.17) is 0 Å². The van der Waals surface area contributed by atoms with Crippen molar-refractivity contribution in [1.82, 2.24) is 0 Å². The van der Waals surface area contributed by atoms with Crippen LogP contribution in [0.4, 0.5) is 22.7 Å². The van der Waals surface area contributed by atoms with Crippen LogP contribution in [-0.4, -0.2) is 0 Å². The summed E-state index contributed by atoms with van der Waals surface area (Å²) >= 11 is 0. The lowest BCUT2D eigenvalue weighted by atomic mass is 9.92. The average Bonchev–Trinajstić information content (AvgIpc) is 3.07. The van der Waals surface area contributed by atoms with E-state index in [1.54, 1.807) is 0 Å². The predicted molar refractivity (Wildman–Crippen MR) is 190 cm³/mol. The Morgan fingerprint density at radius 3 is 1.36 bits per heavy atom. The van der Waals surface area contributed by atoms with E-state index in [1.165, 1.54) is 62.9 Å². The minimum absolute atomic E-state index is 1.08. The lowest BCUT2D eigenvalue weighted by molar-refractivity contribution is 0.795. The highest BCUT2D eigenvalue weighted by Gasteiger charge is 2.11. The molecule has 6 rings (SSSR count). The molecule has 0 fully saturated rings. The minimum atomic E-state index is 1.08. The molecule has 0 heterocycles. The van der Waals surface area contributed by atoms with E-state index in [1.807, 2.05) is 0 Å². The molecule has 2 heteroatoms. The third kappa shape index (κ3) is 7.10. The van der Waals surface area contributed by atoms with Gasteiger partial charge in [0, 0.05) is 22.7 Å². The van der Waals surface area contributed by atoms with Crippen LogP contribution in [-0.2, 0) is 6.42 Å². The van der Waals surface area contributed by atoms with E-state index < -0.39 is 0 Å². The van der Waals surface area contributed by atoms with E-state index in [0.717, 1.165) is 29.2 Å². The summed E-state index contributed by atoms with van der Waals surface area (Å²) in [7, 11) is 0. The summed E-state index contributed by atoms with van der Waals surface area (Å²) in [5.74, 6) is 0. The largest absolute Gasteiger partial charge is 0.356 e. The van der Waals surface area contributed by atoms with Gasteiger partial charge in [0.25, 0.3) is 0 Å². The zero-order valence-corrected chi connectivity index (χ0v) is 25.9. The van der Waals surface area contributed by atoms with Crippen LogP contribution in [0.1, 0.15) is 36.5 Å². The van der Waals surface area contributed by atoms with Crippen molar-refractivity contribution in [3.05, 3.63) is 156 Å². The van der Waals surface area contributed by atoms with Crippen molar-refractivity contribution in [2.75, 3.05) is 10.6 Å². The number of aryl methyl sites for hydroxylation is 3. The third-order valence-corrected chi connectivity index (χ3v) is 8.20. The van der Waals surface area contributed by atoms with E-state index >= 15 is 0 Å². The van der Waals surface area contributed by atoms with Gasteiger partial charge in [-0.3, -0.25) is 0 Å². The fraction of sp³-hybridized carbons (Fsp3) is 0.143. The number of hydrogen-bond acceptors (Lipinski definition) is 2. The molecule has 0 aliphatic carbocycles. The van der Waals surface area contributed by atoms with Gasteiger partial charge >= 0.3 is 0 Å². The lowest BCUT2D eigenvalue weighted by Crippen LogP contribution is -1.93. The molecule has 6 aromatic carbocycles. The van der Waals surface area contributed by atoms with Gasteiger partial charge in [-0.1, -0.05) is 115 Å². The van der Waals surface area contributed by atoms with Crippen molar-refractivity contribution in [3.8, 4) is 33.4 Å². The fourth-order valence-electron chi connectivity index (χ4n) is 5.54. The second kappa shape index (κ2) is 13.5. The first-order chi connectivity index (χ1) is 21.5. The molecule has 0 aliphatic heterocycles. The van der Waals surface area contributed by atoms with Crippen LogP contribution in [0.2, 0.25) is 0 Å². The molecule has 44 heavy (non-hydrogen) atoms. The predicted octanol–water partition coefficient (Wildman–Crippen LogP) is 12.1. The van der Waals surface area contributed by atoms with Crippen LogP contribution in [0.5, 0.6) is 0 Å². The summed E-state index contributed by atoms with van der Waals surface area (Å²) in [6.45, 7) is 6.47. The Hall–Kier alpha value is -5.08. The van der Waals surface area contributed by atoms with Crippen LogP contribution in [0.25, 0.3) is 33.4 Å². The van der Waals surface area contributed by atoms with E-state index in [2.05, 4.69) is 171 Å². The Balaban J connectivity index is 1.27. The van der Waals surface area contributed by atoms with Gasteiger partial charge in [0.2, 0.25) is 0 Å². The SMILES string of the molecule is CCCCc1ccc(-c2cc(Nc3ccc(C)cc3)ccc2-c2ccc(-c3ccc(Nc4ccc(C)cc4)cc3)cc2)cc1. The third-order valence-electron chi connectivity index (χ3n) is 8.20. The molecule has 0 bridgehead atoms. The zero-order chi connectivity index (χ0) is 30.3. The second-order valence-electron chi connectivity index (χ2n) is 11.7. The summed E-state index contributed by atoms with van der Waals surface area (Å²) in [5.41, 5.74) is 15.6. The molecule has 2 nitrogen and oxygen atoms in total. The Morgan fingerprint density at radius 1 is 0.409 bits per heavy atom. The smallest absolute Gasteiger partial charge is 0.0390 e. The van der Waals surface area contributed by atoms with Crippen molar-refractivity contribution in [3.63, 3.8) is 0 Å². The first kappa shape index (κ1) is 29.0. The first-order valence-electron chi connectivity index (χ1n) is 15.7. The van der Waals surface area contributed by atoms with E-state index in [0.29, 0.717) is 0 Å². The summed E-state index contributed by atoms with van der Waals surface area (Å²) < 4.78 is 0. The topological polar surface area (TPSA) is 24.1 Å². The Bertz CT molecular complexity index is 1800. The minimum Gasteiger partial charge on any atom is -0.356 e. The first-order valence-corrected chi connectivity index (χ1v) is 15.7. The molecule has 6 aromatic rings. The number of hydrogen-bond donors (Lipinski definition) is 2. The fourth-order valence-corrected chi connectivity index (χ4v) is 5.54. The summed E-state index contributed by atoms with van der Waals surface area (Å²) in [6, 6.07) is 50.5. The summed E-state index contributed by atoms with van der Waals surface area (Å²) in [5, 5.41) is 7.10. The standard InChI is InChI=1S/C42H40N2/c1-4-5-6-32-11-13-36(14-12-32)42-29-40(44-38-23-9-31(3)10-24-38)27-28-41(42)35-17-15-33(16-18-35)34-19-25-39(26-20-34)43-37-21-7-30(2)8-22-37/h7-29,43-44H,4-6H2,1-3H3. The highest BCUT2D eigenvalue weighted by molar-refractivity contribution is 5.87. The highest BCUT2D eigenvalue weighted by Crippen LogP contribution is 2.36. The molecule has 0 saturated heterocycles. The maximum atomic E-state index is 3.61. The molecular formula is C42H40N2. The van der Waals surface area contributed by atoms with Gasteiger partial charge in [-0.2, -0.15) is 0 Å². The number of unbranched alkanes of at least 4 members (excludes halogenated alkanes) is 1. The Labute approximate surface area is 262 Å². The highest BCUT2D eigenvalue weighted by atomic mass is 14.9. The monoisotopic (exact) mass is 572 g/mol. The maximum Gasteiger partial charge on any atom is 0.0390 e. The zero-order valence-electron chi connectivity index (χ0n) is 25.9. The molecule has 0 unspecified atom stereocenters. The van der Waals surface area contributed by atoms with Gasteiger partial charge < -0.3 is 10.6 Å². The van der Waals surface area contributed by atoms with Crippen molar-refractivity contribution < 1.29 is 0 Å². The molecule has 0 radical (unpaired) electrons. The molecule has 0 aromatic heterocycles. The van der Waals surface area contributed by atoms with Gasteiger partial charge in [0.15, 0.2) is 0 Å². The van der Waals surface area contributed by atoms with Crippen LogP contribution >= 0.6 is 0 Å². The molecule has 218 valence electrons. The van der Waals surface area contributed by atoms with Crippen LogP contribution in [0.15, 0.2) is 140 Å². The number of benzene rings is 6. The normalized spacial score (nSPS) is 10.9. The molecule has 0 atom stereocenters. The van der Waals surface area contributed by atoms with Gasteiger partial charge in [-0.25, -0.2) is 0 Å². The molecule has 0 aliphatic rings. The van der Waals surface area contributed by atoms with E-state index in [9.17, 15) is 0 Å². The van der Waals surface area contributed by atoms with Gasteiger partial charge in [0.05, 0.1) is 0 Å². The summed E-state index contributed by atoms with van der Waals surface area (Å²) in [4.78, 5) is 0. The lowest BCUT2D eigenvalue weighted by Gasteiger charge is -2.15. The van der Waals surface area contributed by atoms with Crippen molar-refractivity contribution in [2.24, 2.45) is 0 Å². The van der Waals surface area contributed by atoms with Gasteiger partial charge in [-0.15, -0.1) is 0 Å². The molecule has 0 amide bonds. The van der Waals surface area contributed by atoms with Crippen molar-refractivity contribution in [2.45, 2.75) is 40.0 Å². The number of anilines is 4. The number of rotatable bonds is 10.